The lowest BCUT2D eigenvalue weighted by molar-refractivity contribution is 0.112. The van der Waals surface area contributed by atoms with E-state index < -0.39 is 10.0 Å². The fourth-order valence-electron chi connectivity index (χ4n) is 1.43. The van der Waals surface area contributed by atoms with Crippen molar-refractivity contribution in [2.75, 3.05) is 0 Å². The molecule has 0 aliphatic heterocycles. The number of rotatable bonds is 3. The Morgan fingerprint density at radius 1 is 1.35 bits per heavy atom. The number of hydrogen-bond donors (Lipinski definition) is 0. The summed E-state index contributed by atoms with van der Waals surface area (Å²) in [7, 11) is -3.66. The number of carbonyl (C=O) groups excluding carboxylic acids is 1. The minimum atomic E-state index is -3.66. The van der Waals surface area contributed by atoms with Gasteiger partial charge in [0.25, 0.3) is 10.0 Å². The van der Waals surface area contributed by atoms with Crippen LogP contribution in [0.25, 0.3) is 0 Å². The zero-order valence-corrected chi connectivity index (χ0v) is 9.89. The molecule has 0 radical (unpaired) electrons. The van der Waals surface area contributed by atoms with Crippen LogP contribution in [-0.2, 0) is 10.0 Å². The van der Waals surface area contributed by atoms with E-state index in [1.807, 2.05) is 0 Å². The summed E-state index contributed by atoms with van der Waals surface area (Å²) >= 11 is 0. The molecule has 0 aliphatic rings. The summed E-state index contributed by atoms with van der Waals surface area (Å²) in [6, 6.07) is 3.00. The lowest BCUT2D eigenvalue weighted by atomic mass is 10.2. The maximum atomic E-state index is 12.1. The summed E-state index contributed by atoms with van der Waals surface area (Å²) in [5.74, 6) is 0. The van der Waals surface area contributed by atoms with Gasteiger partial charge in [-0.3, -0.25) is 9.78 Å². The second-order valence-corrected chi connectivity index (χ2v) is 5.38. The first-order valence-electron chi connectivity index (χ1n) is 4.85. The predicted molar refractivity (Wildman–Crippen MR) is 61.4 cm³/mol. The third kappa shape index (κ3) is 1.99. The van der Waals surface area contributed by atoms with Gasteiger partial charge in [-0.25, -0.2) is 12.4 Å². The highest BCUT2D eigenvalue weighted by Crippen LogP contribution is 2.15. The summed E-state index contributed by atoms with van der Waals surface area (Å²) in [6.07, 6.45) is 6.10. The third-order valence-electron chi connectivity index (χ3n) is 2.38. The smallest absolute Gasteiger partial charge is 0.269 e. The molecule has 0 aliphatic carbocycles. The van der Waals surface area contributed by atoms with E-state index in [0.29, 0.717) is 17.4 Å². The van der Waals surface area contributed by atoms with E-state index in [0.717, 1.165) is 3.97 Å². The van der Waals surface area contributed by atoms with Gasteiger partial charge in [-0.05, 0) is 24.6 Å². The molecule has 0 N–H and O–H groups in total. The summed E-state index contributed by atoms with van der Waals surface area (Å²) in [4.78, 5) is 14.5. The molecule has 2 aromatic heterocycles. The van der Waals surface area contributed by atoms with Crippen molar-refractivity contribution in [3.63, 3.8) is 0 Å². The quantitative estimate of drug-likeness (QED) is 0.768. The van der Waals surface area contributed by atoms with Crippen molar-refractivity contribution in [3.8, 4) is 0 Å². The van der Waals surface area contributed by atoms with Gasteiger partial charge < -0.3 is 0 Å². The average Bonchev–Trinajstić information content (AvgIpc) is 2.72. The summed E-state index contributed by atoms with van der Waals surface area (Å²) < 4.78 is 25.3. The van der Waals surface area contributed by atoms with Crippen LogP contribution < -0.4 is 0 Å². The van der Waals surface area contributed by atoms with Gasteiger partial charge in [0.1, 0.15) is 4.90 Å². The van der Waals surface area contributed by atoms with Crippen molar-refractivity contribution in [2.45, 2.75) is 11.8 Å². The Hall–Kier alpha value is -1.95. The van der Waals surface area contributed by atoms with E-state index in [2.05, 4.69) is 4.98 Å². The summed E-state index contributed by atoms with van der Waals surface area (Å²) in [5, 5.41) is 0. The van der Waals surface area contributed by atoms with Gasteiger partial charge in [-0.2, -0.15) is 0 Å². The molecule has 2 heterocycles. The molecule has 0 saturated heterocycles. The molecule has 0 aromatic carbocycles. The molecule has 0 fully saturated rings. The van der Waals surface area contributed by atoms with Crippen LogP contribution in [0, 0.1) is 6.92 Å². The molecular formula is C11H10N2O3S. The second kappa shape index (κ2) is 4.14. The first-order valence-corrected chi connectivity index (χ1v) is 6.29. The number of aromatic nitrogens is 2. The maximum absolute atomic E-state index is 12.1. The van der Waals surface area contributed by atoms with Gasteiger partial charge in [-0.1, -0.05) is 0 Å². The van der Waals surface area contributed by atoms with E-state index in [-0.39, 0.29) is 4.90 Å². The van der Waals surface area contributed by atoms with Gasteiger partial charge in [0.05, 0.1) is 0 Å². The van der Waals surface area contributed by atoms with Crippen LogP contribution in [0.3, 0.4) is 0 Å². The number of hydrogen-bond acceptors (Lipinski definition) is 4. The highest BCUT2D eigenvalue weighted by atomic mass is 32.2. The Kier molecular flexibility index (Phi) is 2.81. The highest BCUT2D eigenvalue weighted by molar-refractivity contribution is 7.90. The number of carbonyl (C=O) groups is 1. The number of nitrogens with zero attached hydrogens (tertiary/aromatic N) is 2. The van der Waals surface area contributed by atoms with Crippen LogP contribution >= 0.6 is 0 Å². The van der Waals surface area contributed by atoms with Crippen molar-refractivity contribution in [1.29, 1.82) is 0 Å². The topological polar surface area (TPSA) is 69.0 Å². The standard InChI is InChI=1S/C11H10N2O3S/c1-9-6-13(7-10(9)8-14)17(15,16)11-3-2-4-12-5-11/h2-8H,1H3. The fraction of sp³-hybridized carbons (Fsp3) is 0.0909. The Morgan fingerprint density at radius 2 is 2.12 bits per heavy atom. The third-order valence-corrected chi connectivity index (χ3v) is 3.98. The Morgan fingerprint density at radius 3 is 2.65 bits per heavy atom. The predicted octanol–water partition coefficient (Wildman–Crippen LogP) is 1.24. The highest BCUT2D eigenvalue weighted by Gasteiger charge is 2.17. The maximum Gasteiger partial charge on any atom is 0.269 e. The molecule has 0 atom stereocenters. The average molecular weight is 250 g/mol. The summed E-state index contributed by atoms with van der Waals surface area (Å²) in [6.45, 7) is 1.68. The zero-order valence-electron chi connectivity index (χ0n) is 9.07. The van der Waals surface area contributed by atoms with Crippen molar-refractivity contribution in [3.05, 3.63) is 48.0 Å². The molecule has 5 nitrogen and oxygen atoms in total. The molecule has 88 valence electrons. The summed E-state index contributed by atoms with van der Waals surface area (Å²) in [5.41, 5.74) is 0.977. The van der Waals surface area contributed by atoms with Crippen molar-refractivity contribution in [1.82, 2.24) is 8.96 Å². The van der Waals surface area contributed by atoms with Crippen molar-refractivity contribution in [2.24, 2.45) is 0 Å². The molecule has 0 spiro atoms. The molecule has 2 rings (SSSR count). The minimum Gasteiger partial charge on any atom is -0.298 e. The van der Waals surface area contributed by atoms with Crippen LogP contribution in [0.15, 0.2) is 41.8 Å². The Balaban J connectivity index is 2.56. The second-order valence-electron chi connectivity index (χ2n) is 3.54. The number of pyridine rings is 1. The number of aryl methyl sites for hydroxylation is 1. The van der Waals surface area contributed by atoms with E-state index in [9.17, 15) is 13.2 Å². The minimum absolute atomic E-state index is 0.0902. The first kappa shape index (κ1) is 11.5. The van der Waals surface area contributed by atoms with Gasteiger partial charge in [-0.15, -0.1) is 0 Å². The molecule has 0 bridgehead atoms. The SMILES string of the molecule is Cc1cn(S(=O)(=O)c2cccnc2)cc1C=O. The molecule has 0 amide bonds. The van der Waals surface area contributed by atoms with Gasteiger partial charge >= 0.3 is 0 Å². The lowest BCUT2D eigenvalue weighted by Crippen LogP contribution is -2.11. The van der Waals surface area contributed by atoms with E-state index in [1.54, 1.807) is 13.0 Å². The van der Waals surface area contributed by atoms with Crippen LogP contribution in [0.5, 0.6) is 0 Å². The zero-order chi connectivity index (χ0) is 12.5. The molecule has 0 unspecified atom stereocenters. The van der Waals surface area contributed by atoms with E-state index in [4.69, 9.17) is 0 Å². The van der Waals surface area contributed by atoms with Crippen molar-refractivity contribution >= 4 is 16.3 Å². The molecular weight excluding hydrogens is 240 g/mol. The van der Waals surface area contributed by atoms with Crippen LogP contribution in [-0.4, -0.2) is 23.7 Å². The molecule has 0 saturated carbocycles. The monoisotopic (exact) mass is 250 g/mol. The van der Waals surface area contributed by atoms with Crippen molar-refractivity contribution < 1.29 is 13.2 Å². The Bertz CT molecular complexity index is 645. The Labute approximate surface area is 98.8 Å². The molecule has 17 heavy (non-hydrogen) atoms. The first-order chi connectivity index (χ1) is 8.05. The van der Waals surface area contributed by atoms with E-state index >= 15 is 0 Å². The number of aldehydes is 1. The van der Waals surface area contributed by atoms with Gasteiger partial charge in [0.15, 0.2) is 6.29 Å². The molecule has 6 heteroatoms. The van der Waals surface area contributed by atoms with Gasteiger partial charge in [0.2, 0.25) is 0 Å². The lowest BCUT2D eigenvalue weighted by Gasteiger charge is -2.03. The van der Waals surface area contributed by atoms with Crippen LogP contribution in [0.1, 0.15) is 15.9 Å². The fourth-order valence-corrected chi connectivity index (χ4v) is 2.66. The normalized spacial score (nSPS) is 11.4. The largest absolute Gasteiger partial charge is 0.298 e. The van der Waals surface area contributed by atoms with Crippen LogP contribution in [0.2, 0.25) is 0 Å². The van der Waals surface area contributed by atoms with Gasteiger partial charge in [0, 0.05) is 30.4 Å². The van der Waals surface area contributed by atoms with Crippen LogP contribution in [0.4, 0.5) is 0 Å². The molecule has 2 aromatic rings. The van der Waals surface area contributed by atoms with E-state index in [1.165, 1.54) is 30.9 Å².